The number of amides is 1. The number of nitro groups is 1. The average Bonchev–Trinajstić information content (AvgIpc) is 2.40. The van der Waals surface area contributed by atoms with Crippen LogP contribution in [-0.4, -0.2) is 30.0 Å². The van der Waals surface area contributed by atoms with Gasteiger partial charge in [-0.25, -0.2) is 0 Å². The second-order valence-corrected chi connectivity index (χ2v) is 4.32. The lowest BCUT2D eigenvalue weighted by Gasteiger charge is -2.23. The van der Waals surface area contributed by atoms with E-state index in [-0.39, 0.29) is 17.6 Å². The molecule has 1 heterocycles. The Hall–Kier alpha value is -1.95. The van der Waals surface area contributed by atoms with Gasteiger partial charge >= 0.3 is 0 Å². The maximum Gasteiger partial charge on any atom is 0.270 e. The molecule has 18 heavy (non-hydrogen) atoms. The van der Waals surface area contributed by atoms with Crippen LogP contribution < -0.4 is 10.6 Å². The molecule has 0 spiro atoms. The topological polar surface area (TPSA) is 84.3 Å². The molecule has 1 aliphatic heterocycles. The summed E-state index contributed by atoms with van der Waals surface area (Å²) in [6.45, 7) is 1.73. The summed E-state index contributed by atoms with van der Waals surface area (Å²) < 4.78 is 0. The Morgan fingerprint density at radius 1 is 1.50 bits per heavy atom. The number of carbonyl (C=O) groups is 1. The predicted molar refractivity (Wildman–Crippen MR) is 66.5 cm³/mol. The van der Waals surface area contributed by atoms with Crippen molar-refractivity contribution in [3.63, 3.8) is 0 Å². The van der Waals surface area contributed by atoms with E-state index in [1.165, 1.54) is 18.2 Å². The lowest BCUT2D eigenvalue weighted by molar-refractivity contribution is -0.384. The van der Waals surface area contributed by atoms with Crippen LogP contribution in [0.25, 0.3) is 0 Å². The van der Waals surface area contributed by atoms with E-state index in [9.17, 15) is 14.9 Å². The van der Waals surface area contributed by atoms with Crippen LogP contribution in [0.2, 0.25) is 0 Å². The molecule has 1 amide bonds. The van der Waals surface area contributed by atoms with Crippen LogP contribution >= 0.6 is 0 Å². The minimum absolute atomic E-state index is 0.0654. The van der Waals surface area contributed by atoms with Crippen molar-refractivity contribution in [3.05, 3.63) is 39.9 Å². The van der Waals surface area contributed by atoms with Gasteiger partial charge in [0.2, 0.25) is 0 Å². The molecule has 1 aliphatic rings. The van der Waals surface area contributed by atoms with Crippen molar-refractivity contribution in [3.8, 4) is 0 Å². The molecule has 1 atom stereocenters. The number of piperidine rings is 1. The van der Waals surface area contributed by atoms with Gasteiger partial charge in [-0.05, 0) is 25.5 Å². The van der Waals surface area contributed by atoms with Gasteiger partial charge in [-0.1, -0.05) is 6.07 Å². The smallest absolute Gasteiger partial charge is 0.270 e. The fourth-order valence-corrected chi connectivity index (χ4v) is 2.00. The van der Waals surface area contributed by atoms with Crippen LogP contribution in [0.3, 0.4) is 0 Å². The molecule has 2 rings (SSSR count). The third-order valence-corrected chi connectivity index (χ3v) is 2.95. The number of rotatable bonds is 3. The molecule has 1 aromatic rings. The second-order valence-electron chi connectivity index (χ2n) is 4.32. The van der Waals surface area contributed by atoms with Crippen LogP contribution in [0.5, 0.6) is 0 Å². The Morgan fingerprint density at radius 2 is 2.33 bits per heavy atom. The number of benzene rings is 1. The van der Waals surface area contributed by atoms with Gasteiger partial charge in [0.1, 0.15) is 0 Å². The Labute approximate surface area is 105 Å². The van der Waals surface area contributed by atoms with E-state index in [0.29, 0.717) is 5.56 Å². The Kier molecular flexibility index (Phi) is 3.88. The summed E-state index contributed by atoms with van der Waals surface area (Å²) in [5.41, 5.74) is 0.263. The van der Waals surface area contributed by atoms with Gasteiger partial charge in [-0.15, -0.1) is 0 Å². The number of hydrogen-bond acceptors (Lipinski definition) is 4. The highest BCUT2D eigenvalue weighted by Gasteiger charge is 2.17. The van der Waals surface area contributed by atoms with Crippen molar-refractivity contribution in [1.82, 2.24) is 10.6 Å². The summed E-state index contributed by atoms with van der Waals surface area (Å²) in [6, 6.07) is 5.88. The fraction of sp³-hybridized carbons (Fsp3) is 0.417. The summed E-state index contributed by atoms with van der Waals surface area (Å²) in [5.74, 6) is -0.257. The molecule has 6 heteroatoms. The van der Waals surface area contributed by atoms with Crippen molar-refractivity contribution in [2.75, 3.05) is 13.1 Å². The first-order chi connectivity index (χ1) is 8.66. The molecule has 0 aromatic heterocycles. The van der Waals surface area contributed by atoms with Gasteiger partial charge < -0.3 is 10.6 Å². The number of hydrogen-bond donors (Lipinski definition) is 2. The van der Waals surface area contributed by atoms with E-state index in [1.807, 2.05) is 0 Å². The molecule has 0 radical (unpaired) electrons. The van der Waals surface area contributed by atoms with E-state index in [4.69, 9.17) is 0 Å². The van der Waals surface area contributed by atoms with Gasteiger partial charge in [0.25, 0.3) is 11.6 Å². The molecule has 1 aromatic carbocycles. The molecular weight excluding hydrogens is 234 g/mol. The molecule has 1 saturated heterocycles. The first-order valence-electron chi connectivity index (χ1n) is 5.93. The fourth-order valence-electron chi connectivity index (χ4n) is 2.00. The van der Waals surface area contributed by atoms with Crippen molar-refractivity contribution in [2.24, 2.45) is 0 Å². The maximum atomic E-state index is 11.9. The van der Waals surface area contributed by atoms with Crippen molar-refractivity contribution in [2.45, 2.75) is 18.9 Å². The zero-order valence-electron chi connectivity index (χ0n) is 9.89. The number of nitro benzene ring substituents is 1. The highest BCUT2D eigenvalue weighted by molar-refractivity contribution is 5.95. The van der Waals surface area contributed by atoms with Crippen LogP contribution in [0.4, 0.5) is 5.69 Å². The van der Waals surface area contributed by atoms with Crippen LogP contribution in [-0.2, 0) is 0 Å². The molecule has 96 valence electrons. The number of nitrogens with zero attached hydrogens (tertiary/aromatic N) is 1. The first kappa shape index (κ1) is 12.5. The largest absolute Gasteiger partial charge is 0.348 e. The summed E-state index contributed by atoms with van der Waals surface area (Å²) in [4.78, 5) is 22.1. The van der Waals surface area contributed by atoms with Gasteiger partial charge in [0.15, 0.2) is 0 Å². The van der Waals surface area contributed by atoms with E-state index in [1.54, 1.807) is 6.07 Å². The predicted octanol–water partition coefficient (Wildman–Crippen LogP) is 1.08. The number of carbonyl (C=O) groups excluding carboxylic acids is 1. The summed E-state index contributed by atoms with van der Waals surface area (Å²) in [7, 11) is 0. The molecule has 2 N–H and O–H groups in total. The van der Waals surface area contributed by atoms with E-state index in [2.05, 4.69) is 10.6 Å². The minimum atomic E-state index is -0.501. The summed E-state index contributed by atoms with van der Waals surface area (Å²) >= 11 is 0. The molecule has 0 bridgehead atoms. The lowest BCUT2D eigenvalue weighted by Crippen LogP contribution is -2.45. The van der Waals surface area contributed by atoms with Gasteiger partial charge in [0.05, 0.1) is 4.92 Å². The highest BCUT2D eigenvalue weighted by Crippen LogP contribution is 2.13. The molecule has 0 aliphatic carbocycles. The SMILES string of the molecule is O=C(NC1CCCNC1)c1cccc([N+](=O)[O-])c1. The minimum Gasteiger partial charge on any atom is -0.348 e. The maximum absolute atomic E-state index is 11.9. The van der Waals surface area contributed by atoms with Crippen LogP contribution in [0, 0.1) is 10.1 Å². The zero-order valence-corrected chi connectivity index (χ0v) is 9.89. The third-order valence-electron chi connectivity index (χ3n) is 2.95. The second kappa shape index (κ2) is 5.59. The third kappa shape index (κ3) is 3.04. The van der Waals surface area contributed by atoms with Gasteiger partial charge in [0, 0.05) is 30.3 Å². The lowest BCUT2D eigenvalue weighted by atomic mass is 10.1. The normalized spacial score (nSPS) is 19.2. The molecule has 1 unspecified atom stereocenters. The van der Waals surface area contributed by atoms with Gasteiger partial charge in [-0.3, -0.25) is 14.9 Å². The molecular formula is C12H15N3O3. The highest BCUT2D eigenvalue weighted by atomic mass is 16.6. The van der Waals surface area contributed by atoms with Crippen molar-refractivity contribution >= 4 is 11.6 Å². The van der Waals surface area contributed by atoms with E-state index in [0.717, 1.165) is 25.9 Å². The molecule has 1 fully saturated rings. The van der Waals surface area contributed by atoms with Crippen molar-refractivity contribution < 1.29 is 9.72 Å². The Morgan fingerprint density at radius 3 is 3.00 bits per heavy atom. The summed E-state index contributed by atoms with van der Waals surface area (Å²) in [5, 5.41) is 16.7. The number of nitrogens with one attached hydrogen (secondary N) is 2. The molecule has 6 nitrogen and oxygen atoms in total. The Bertz CT molecular complexity index is 456. The van der Waals surface area contributed by atoms with Crippen molar-refractivity contribution in [1.29, 1.82) is 0 Å². The van der Waals surface area contributed by atoms with Crippen LogP contribution in [0.15, 0.2) is 24.3 Å². The monoisotopic (exact) mass is 249 g/mol. The first-order valence-corrected chi connectivity index (χ1v) is 5.93. The summed E-state index contributed by atoms with van der Waals surface area (Å²) in [6.07, 6.45) is 1.97. The standard InChI is InChI=1S/C12H15N3O3/c16-12(14-10-4-2-6-13-8-10)9-3-1-5-11(7-9)15(17)18/h1,3,5,7,10,13H,2,4,6,8H2,(H,14,16). The molecule has 0 saturated carbocycles. The van der Waals surface area contributed by atoms with E-state index >= 15 is 0 Å². The van der Waals surface area contributed by atoms with Crippen LogP contribution in [0.1, 0.15) is 23.2 Å². The number of non-ortho nitro benzene ring substituents is 1. The van der Waals surface area contributed by atoms with E-state index < -0.39 is 4.92 Å². The van der Waals surface area contributed by atoms with Gasteiger partial charge in [-0.2, -0.15) is 0 Å². The Balaban J connectivity index is 2.03. The quantitative estimate of drug-likeness (QED) is 0.620. The average molecular weight is 249 g/mol. The zero-order chi connectivity index (χ0) is 13.0.